The predicted octanol–water partition coefficient (Wildman–Crippen LogP) is 1.85. The van der Waals surface area contributed by atoms with E-state index in [1.807, 2.05) is 32.9 Å². The monoisotopic (exact) mass is 375 g/mol. The Balaban J connectivity index is 1.97. The Morgan fingerprint density at radius 1 is 1.22 bits per heavy atom. The van der Waals surface area contributed by atoms with E-state index in [4.69, 9.17) is 10.5 Å². The number of esters is 1. The van der Waals surface area contributed by atoms with Gasteiger partial charge in [-0.25, -0.2) is 4.79 Å². The minimum absolute atomic E-state index is 0.148. The molecule has 2 unspecified atom stereocenters. The van der Waals surface area contributed by atoms with Crippen molar-refractivity contribution in [1.82, 2.24) is 5.32 Å². The molecule has 27 heavy (non-hydrogen) atoms. The van der Waals surface area contributed by atoms with Crippen LogP contribution in [0.2, 0.25) is 0 Å². The summed E-state index contributed by atoms with van der Waals surface area (Å²) >= 11 is 0. The zero-order chi connectivity index (χ0) is 20.2. The lowest BCUT2D eigenvalue weighted by Gasteiger charge is -2.33. The molecule has 0 radical (unpaired) electrons. The smallest absolute Gasteiger partial charge is 0.338 e. The van der Waals surface area contributed by atoms with E-state index in [2.05, 4.69) is 10.2 Å². The normalized spacial score (nSPS) is 18.5. The van der Waals surface area contributed by atoms with Gasteiger partial charge in [-0.05, 0) is 64.8 Å². The molecule has 0 spiro atoms. The molecule has 3 N–H and O–H groups in total. The van der Waals surface area contributed by atoms with Gasteiger partial charge in [0.25, 0.3) is 5.91 Å². The van der Waals surface area contributed by atoms with E-state index >= 15 is 0 Å². The highest BCUT2D eigenvalue weighted by atomic mass is 16.5. The molecule has 1 aliphatic rings. The van der Waals surface area contributed by atoms with Crippen molar-refractivity contribution < 1.29 is 19.1 Å². The number of amides is 2. The van der Waals surface area contributed by atoms with E-state index in [0.29, 0.717) is 12.1 Å². The molecule has 148 valence electrons. The fourth-order valence-electron chi connectivity index (χ4n) is 3.01. The number of piperidine rings is 1. The van der Waals surface area contributed by atoms with Crippen molar-refractivity contribution in [3.8, 4) is 0 Å². The molecular formula is C20H29N3O4. The van der Waals surface area contributed by atoms with Crippen LogP contribution < -0.4 is 16.0 Å². The van der Waals surface area contributed by atoms with Crippen LogP contribution in [0.15, 0.2) is 24.3 Å². The van der Waals surface area contributed by atoms with Crippen LogP contribution in [-0.4, -0.2) is 42.5 Å². The number of nitrogens with one attached hydrogen (secondary N) is 1. The molecule has 1 aromatic rings. The van der Waals surface area contributed by atoms with Crippen molar-refractivity contribution in [2.45, 2.75) is 52.2 Å². The fraction of sp³-hybridized carbons (Fsp3) is 0.550. The summed E-state index contributed by atoms with van der Waals surface area (Å²) in [6, 6.07) is 6.97. The van der Waals surface area contributed by atoms with E-state index < -0.39 is 17.6 Å². The molecule has 0 bridgehead atoms. The first kappa shape index (κ1) is 20.7. The maximum atomic E-state index is 12.3. The number of carbonyl (C=O) groups excluding carboxylic acids is 3. The largest absolute Gasteiger partial charge is 0.449 e. The summed E-state index contributed by atoms with van der Waals surface area (Å²) in [5.74, 6) is -1.31. The molecule has 1 heterocycles. The summed E-state index contributed by atoms with van der Waals surface area (Å²) in [7, 11) is 0. The molecule has 0 aromatic heterocycles. The summed E-state index contributed by atoms with van der Waals surface area (Å²) in [5, 5.41) is 2.78. The van der Waals surface area contributed by atoms with Crippen LogP contribution in [0.5, 0.6) is 0 Å². The van der Waals surface area contributed by atoms with Crippen LogP contribution in [0.1, 0.15) is 50.9 Å². The van der Waals surface area contributed by atoms with Crippen LogP contribution in [-0.2, 0) is 14.3 Å². The Morgan fingerprint density at radius 2 is 1.85 bits per heavy atom. The number of carbonyl (C=O) groups is 3. The van der Waals surface area contributed by atoms with E-state index in [1.165, 1.54) is 0 Å². The Labute approximate surface area is 160 Å². The van der Waals surface area contributed by atoms with Gasteiger partial charge in [-0.3, -0.25) is 9.59 Å². The molecule has 1 aromatic carbocycles. The first-order chi connectivity index (χ1) is 12.6. The summed E-state index contributed by atoms with van der Waals surface area (Å²) in [6.07, 6.45) is 0.831. The summed E-state index contributed by atoms with van der Waals surface area (Å²) in [5.41, 5.74) is 6.33. The number of rotatable bonds is 5. The number of hydrogen-bond donors (Lipinski definition) is 2. The van der Waals surface area contributed by atoms with E-state index in [1.54, 1.807) is 19.1 Å². The molecule has 1 fully saturated rings. The standard InChI is InChI=1S/C20H29N3O4/c1-13(18(25)22-20(2,3)4)27-19(26)14-7-9-16(10-8-14)23-11-5-6-15(12-23)17(21)24/h7-10,13,15H,5-6,11-12H2,1-4H3,(H2,21,24)(H,22,25). The lowest BCUT2D eigenvalue weighted by atomic mass is 9.97. The van der Waals surface area contributed by atoms with Crippen molar-refractivity contribution in [2.24, 2.45) is 11.7 Å². The minimum Gasteiger partial charge on any atom is -0.449 e. The molecule has 7 heteroatoms. The van der Waals surface area contributed by atoms with Gasteiger partial charge in [0.2, 0.25) is 5.91 Å². The van der Waals surface area contributed by atoms with Crippen LogP contribution >= 0.6 is 0 Å². The Morgan fingerprint density at radius 3 is 2.41 bits per heavy atom. The second-order valence-electron chi connectivity index (χ2n) is 8.02. The maximum Gasteiger partial charge on any atom is 0.338 e. The summed E-state index contributed by atoms with van der Waals surface area (Å²) < 4.78 is 5.25. The number of nitrogens with two attached hydrogens (primary N) is 1. The Bertz CT molecular complexity index is 694. The molecule has 2 atom stereocenters. The van der Waals surface area contributed by atoms with Gasteiger partial charge in [0.05, 0.1) is 11.5 Å². The molecule has 0 aliphatic carbocycles. The molecule has 2 amide bonds. The fourth-order valence-corrected chi connectivity index (χ4v) is 3.01. The number of hydrogen-bond acceptors (Lipinski definition) is 5. The first-order valence-corrected chi connectivity index (χ1v) is 9.24. The Hall–Kier alpha value is -2.57. The average molecular weight is 375 g/mol. The minimum atomic E-state index is -0.880. The third-order valence-corrected chi connectivity index (χ3v) is 4.44. The van der Waals surface area contributed by atoms with E-state index in [0.717, 1.165) is 25.1 Å². The molecule has 1 saturated heterocycles. The second kappa shape index (κ2) is 8.41. The average Bonchev–Trinajstić information content (AvgIpc) is 2.60. The number of primary amides is 1. The van der Waals surface area contributed by atoms with Gasteiger partial charge in [-0.1, -0.05) is 0 Å². The quantitative estimate of drug-likeness (QED) is 0.765. The third-order valence-electron chi connectivity index (χ3n) is 4.44. The third kappa shape index (κ3) is 5.98. The van der Waals surface area contributed by atoms with Gasteiger partial charge < -0.3 is 20.7 Å². The first-order valence-electron chi connectivity index (χ1n) is 9.24. The summed E-state index contributed by atoms with van der Waals surface area (Å²) in [6.45, 7) is 8.57. The van der Waals surface area contributed by atoms with Gasteiger partial charge >= 0.3 is 5.97 Å². The van der Waals surface area contributed by atoms with Gasteiger partial charge in [0.15, 0.2) is 6.10 Å². The van der Waals surface area contributed by atoms with Crippen molar-refractivity contribution in [1.29, 1.82) is 0 Å². The van der Waals surface area contributed by atoms with Crippen LogP contribution in [0.25, 0.3) is 0 Å². The van der Waals surface area contributed by atoms with Crippen LogP contribution in [0.4, 0.5) is 5.69 Å². The highest BCUT2D eigenvalue weighted by Gasteiger charge is 2.25. The second-order valence-corrected chi connectivity index (χ2v) is 8.02. The Kier molecular flexibility index (Phi) is 6.46. The van der Waals surface area contributed by atoms with Crippen LogP contribution in [0, 0.1) is 5.92 Å². The predicted molar refractivity (Wildman–Crippen MR) is 103 cm³/mol. The highest BCUT2D eigenvalue weighted by molar-refractivity contribution is 5.92. The molecular weight excluding hydrogens is 346 g/mol. The topological polar surface area (TPSA) is 102 Å². The van der Waals surface area contributed by atoms with Gasteiger partial charge in [-0.15, -0.1) is 0 Å². The molecule has 0 saturated carbocycles. The van der Waals surface area contributed by atoms with Crippen LogP contribution in [0.3, 0.4) is 0 Å². The SMILES string of the molecule is CC(OC(=O)c1ccc(N2CCCC(C(N)=O)C2)cc1)C(=O)NC(C)(C)C. The highest BCUT2D eigenvalue weighted by Crippen LogP contribution is 2.23. The molecule has 7 nitrogen and oxygen atoms in total. The number of benzene rings is 1. The zero-order valence-electron chi connectivity index (χ0n) is 16.5. The van der Waals surface area contributed by atoms with E-state index in [9.17, 15) is 14.4 Å². The summed E-state index contributed by atoms with van der Waals surface area (Å²) in [4.78, 5) is 37.8. The van der Waals surface area contributed by atoms with Crippen molar-refractivity contribution in [2.75, 3.05) is 18.0 Å². The molecule has 2 rings (SSSR count). The zero-order valence-corrected chi connectivity index (χ0v) is 16.5. The lowest BCUT2D eigenvalue weighted by molar-refractivity contribution is -0.130. The van der Waals surface area contributed by atoms with E-state index in [-0.39, 0.29) is 17.7 Å². The van der Waals surface area contributed by atoms with Gasteiger partial charge in [0.1, 0.15) is 0 Å². The molecule has 1 aliphatic heterocycles. The lowest BCUT2D eigenvalue weighted by Crippen LogP contribution is -2.46. The van der Waals surface area contributed by atoms with Gasteiger partial charge in [-0.2, -0.15) is 0 Å². The number of anilines is 1. The van der Waals surface area contributed by atoms with Crippen molar-refractivity contribution in [3.05, 3.63) is 29.8 Å². The maximum absolute atomic E-state index is 12.3. The van der Waals surface area contributed by atoms with Gasteiger partial charge in [0, 0.05) is 24.3 Å². The van der Waals surface area contributed by atoms with Crippen molar-refractivity contribution >= 4 is 23.5 Å². The van der Waals surface area contributed by atoms with Crippen molar-refractivity contribution in [3.63, 3.8) is 0 Å². The number of ether oxygens (including phenoxy) is 1. The number of nitrogens with zero attached hydrogens (tertiary/aromatic N) is 1.